The molecule has 6 nitrogen and oxygen atoms in total. The van der Waals surface area contributed by atoms with Gasteiger partial charge in [-0.3, -0.25) is 9.59 Å². The summed E-state index contributed by atoms with van der Waals surface area (Å²) in [6.07, 6.45) is 3.46. The minimum atomic E-state index is -1.11. The van der Waals surface area contributed by atoms with Gasteiger partial charge in [0.15, 0.2) is 5.43 Å². The number of thioether (sulfide) groups is 1. The largest absolute Gasteiger partial charge is 0.480 e. The average molecular weight is 284 g/mol. The number of aromatic amines is 1. The Bertz CT molecular complexity index is 527. The van der Waals surface area contributed by atoms with E-state index in [4.69, 9.17) is 5.11 Å². The van der Waals surface area contributed by atoms with E-state index >= 15 is 0 Å². The Morgan fingerprint density at radius 1 is 1.53 bits per heavy atom. The fourth-order valence-corrected chi connectivity index (χ4v) is 1.95. The Kier molecular flexibility index (Phi) is 5.62. The van der Waals surface area contributed by atoms with Crippen molar-refractivity contribution in [1.82, 2.24) is 10.3 Å². The maximum absolute atomic E-state index is 11.9. The molecular formula is C12H16N2O4S. The molecule has 0 aromatic carbocycles. The van der Waals surface area contributed by atoms with Crippen molar-refractivity contribution in [2.45, 2.75) is 19.4 Å². The number of carbonyl (C=O) groups is 2. The van der Waals surface area contributed by atoms with Crippen LogP contribution in [0.5, 0.6) is 0 Å². The quantitative estimate of drug-likeness (QED) is 0.711. The smallest absolute Gasteiger partial charge is 0.326 e. The van der Waals surface area contributed by atoms with Crippen molar-refractivity contribution in [1.29, 1.82) is 0 Å². The number of carbonyl (C=O) groups excluding carboxylic acids is 1. The topological polar surface area (TPSA) is 99.3 Å². The highest BCUT2D eigenvalue weighted by atomic mass is 32.2. The molecule has 1 rings (SSSR count). The molecule has 0 aliphatic rings. The molecule has 0 radical (unpaired) electrons. The summed E-state index contributed by atoms with van der Waals surface area (Å²) in [5, 5.41) is 11.4. The average Bonchev–Trinajstić information content (AvgIpc) is 2.33. The summed E-state index contributed by atoms with van der Waals surface area (Å²) < 4.78 is 0. The number of nitrogens with one attached hydrogen (secondary N) is 2. The molecular weight excluding hydrogens is 268 g/mol. The highest BCUT2D eigenvalue weighted by molar-refractivity contribution is 7.98. The fraction of sp³-hybridized carbons (Fsp3) is 0.417. The van der Waals surface area contributed by atoms with E-state index in [1.165, 1.54) is 24.0 Å². The summed E-state index contributed by atoms with van der Waals surface area (Å²) >= 11 is 1.49. The number of carboxylic acids is 1. The van der Waals surface area contributed by atoms with E-state index in [0.717, 1.165) is 0 Å². The van der Waals surface area contributed by atoms with Gasteiger partial charge in [-0.15, -0.1) is 0 Å². The maximum atomic E-state index is 11.9. The minimum Gasteiger partial charge on any atom is -0.480 e. The Labute approximate surface area is 114 Å². The molecule has 0 aliphatic carbocycles. The number of aromatic nitrogens is 1. The first-order valence-electron chi connectivity index (χ1n) is 5.67. The van der Waals surface area contributed by atoms with Crippen LogP contribution in [0, 0.1) is 6.92 Å². The summed E-state index contributed by atoms with van der Waals surface area (Å²) in [6, 6.07) is 0.313. The van der Waals surface area contributed by atoms with Crippen LogP contribution in [0.15, 0.2) is 17.1 Å². The summed E-state index contributed by atoms with van der Waals surface area (Å²) in [6.45, 7) is 1.70. The van der Waals surface area contributed by atoms with Crippen molar-refractivity contribution in [3.05, 3.63) is 33.7 Å². The maximum Gasteiger partial charge on any atom is 0.326 e. The number of H-pyrrole nitrogens is 1. The first-order valence-corrected chi connectivity index (χ1v) is 7.07. The highest BCUT2D eigenvalue weighted by Gasteiger charge is 2.21. The number of aliphatic carboxylic acids is 1. The van der Waals surface area contributed by atoms with E-state index in [0.29, 0.717) is 17.9 Å². The molecule has 1 aromatic heterocycles. The SMILES string of the molecule is CSCCC(NC(=O)c1c[nH]c(C)cc1=O)C(=O)O. The van der Waals surface area contributed by atoms with Crippen molar-refractivity contribution < 1.29 is 14.7 Å². The van der Waals surface area contributed by atoms with Gasteiger partial charge in [0.1, 0.15) is 11.6 Å². The second-order valence-electron chi connectivity index (χ2n) is 4.04. The van der Waals surface area contributed by atoms with Crippen LogP contribution < -0.4 is 10.7 Å². The Morgan fingerprint density at radius 3 is 2.74 bits per heavy atom. The number of pyridine rings is 1. The third-order valence-corrected chi connectivity index (χ3v) is 3.16. The molecule has 1 atom stereocenters. The van der Waals surface area contributed by atoms with Crippen molar-refractivity contribution in [3.8, 4) is 0 Å². The number of rotatable bonds is 6. The number of carboxylic acid groups (broad SMARTS) is 1. The van der Waals surface area contributed by atoms with Crippen LogP contribution in [0.4, 0.5) is 0 Å². The van der Waals surface area contributed by atoms with Gasteiger partial charge in [-0.2, -0.15) is 11.8 Å². The van der Waals surface area contributed by atoms with E-state index in [-0.39, 0.29) is 5.56 Å². The fourth-order valence-electron chi connectivity index (χ4n) is 1.48. The van der Waals surface area contributed by atoms with Crippen LogP contribution in [0.2, 0.25) is 0 Å². The van der Waals surface area contributed by atoms with Gasteiger partial charge >= 0.3 is 5.97 Å². The molecule has 0 aliphatic heterocycles. The summed E-state index contributed by atoms with van der Waals surface area (Å²) in [4.78, 5) is 37.2. The summed E-state index contributed by atoms with van der Waals surface area (Å²) in [5.41, 5.74) is 0.127. The normalized spacial score (nSPS) is 11.9. The van der Waals surface area contributed by atoms with Crippen molar-refractivity contribution in [2.75, 3.05) is 12.0 Å². The minimum absolute atomic E-state index is 0.0824. The molecule has 1 unspecified atom stereocenters. The van der Waals surface area contributed by atoms with E-state index in [1.54, 1.807) is 6.92 Å². The third kappa shape index (κ3) is 4.44. The Hall–Kier alpha value is -1.76. The second kappa shape index (κ2) is 6.98. The van der Waals surface area contributed by atoms with Crippen LogP contribution in [0.25, 0.3) is 0 Å². The van der Waals surface area contributed by atoms with Gasteiger partial charge in [0, 0.05) is 18.0 Å². The summed E-state index contributed by atoms with van der Waals surface area (Å²) in [7, 11) is 0. The Morgan fingerprint density at radius 2 is 2.21 bits per heavy atom. The van der Waals surface area contributed by atoms with Crippen LogP contribution >= 0.6 is 11.8 Å². The van der Waals surface area contributed by atoms with Gasteiger partial charge in [0.05, 0.1) is 0 Å². The standard InChI is InChI=1S/C12H16N2O4S/c1-7-5-10(15)8(6-13-7)11(16)14-9(12(17)18)3-4-19-2/h5-6,9H,3-4H2,1-2H3,(H,13,15)(H,14,16)(H,17,18). The van der Waals surface area contributed by atoms with Gasteiger partial charge in [0.25, 0.3) is 5.91 Å². The molecule has 3 N–H and O–H groups in total. The Balaban J connectivity index is 2.81. The van der Waals surface area contributed by atoms with Crippen molar-refractivity contribution in [2.24, 2.45) is 0 Å². The third-order valence-electron chi connectivity index (χ3n) is 2.52. The predicted molar refractivity (Wildman–Crippen MR) is 73.7 cm³/mol. The van der Waals surface area contributed by atoms with Gasteiger partial charge in [0.2, 0.25) is 0 Å². The molecule has 0 spiro atoms. The van der Waals surface area contributed by atoms with E-state index in [9.17, 15) is 14.4 Å². The van der Waals surface area contributed by atoms with Crippen LogP contribution in [-0.2, 0) is 4.79 Å². The van der Waals surface area contributed by atoms with Gasteiger partial charge < -0.3 is 15.4 Å². The molecule has 1 amide bonds. The number of hydrogen-bond donors (Lipinski definition) is 3. The number of amides is 1. The van der Waals surface area contributed by atoms with E-state index in [2.05, 4.69) is 10.3 Å². The zero-order valence-electron chi connectivity index (χ0n) is 10.7. The van der Waals surface area contributed by atoms with Gasteiger partial charge in [-0.05, 0) is 25.4 Å². The molecule has 1 heterocycles. The van der Waals surface area contributed by atoms with E-state index < -0.39 is 23.3 Å². The molecule has 0 saturated heterocycles. The van der Waals surface area contributed by atoms with Crippen LogP contribution in [0.1, 0.15) is 22.5 Å². The van der Waals surface area contributed by atoms with Crippen LogP contribution in [-0.4, -0.2) is 40.0 Å². The lowest BCUT2D eigenvalue weighted by atomic mass is 10.2. The molecule has 104 valence electrons. The zero-order valence-corrected chi connectivity index (χ0v) is 11.5. The number of aryl methyl sites for hydroxylation is 1. The molecule has 19 heavy (non-hydrogen) atoms. The monoisotopic (exact) mass is 284 g/mol. The molecule has 7 heteroatoms. The highest BCUT2D eigenvalue weighted by Crippen LogP contribution is 2.02. The predicted octanol–water partition coefficient (Wildman–Crippen LogP) is 0.619. The lowest BCUT2D eigenvalue weighted by Gasteiger charge is -2.13. The van der Waals surface area contributed by atoms with Crippen molar-refractivity contribution in [3.63, 3.8) is 0 Å². The molecule has 1 aromatic rings. The van der Waals surface area contributed by atoms with Gasteiger partial charge in [-0.25, -0.2) is 4.79 Å². The summed E-state index contributed by atoms with van der Waals surface area (Å²) in [5.74, 6) is -1.16. The van der Waals surface area contributed by atoms with Gasteiger partial charge in [-0.1, -0.05) is 0 Å². The molecule has 0 bridgehead atoms. The lowest BCUT2D eigenvalue weighted by Crippen LogP contribution is -2.42. The van der Waals surface area contributed by atoms with E-state index in [1.807, 2.05) is 6.26 Å². The first kappa shape index (κ1) is 15.3. The lowest BCUT2D eigenvalue weighted by molar-refractivity contribution is -0.139. The second-order valence-corrected chi connectivity index (χ2v) is 5.03. The first-order chi connectivity index (χ1) is 8.95. The molecule has 0 saturated carbocycles. The zero-order chi connectivity index (χ0) is 14.4. The number of hydrogen-bond acceptors (Lipinski definition) is 4. The van der Waals surface area contributed by atoms with Crippen LogP contribution in [0.3, 0.4) is 0 Å². The van der Waals surface area contributed by atoms with Crippen molar-refractivity contribution >= 4 is 23.6 Å². The molecule has 0 fully saturated rings.